The SMILES string of the molecule is CN(c1ccc(F)c(Cl)c1)c1ccc2c(c1)CN(CC1CC1)CC2.Cl. The van der Waals surface area contributed by atoms with E-state index in [4.69, 9.17) is 11.6 Å². The van der Waals surface area contributed by atoms with Gasteiger partial charge in [0.25, 0.3) is 0 Å². The first-order valence-corrected chi connectivity index (χ1v) is 9.01. The highest BCUT2D eigenvalue weighted by atomic mass is 35.5. The molecule has 0 atom stereocenters. The zero-order valence-corrected chi connectivity index (χ0v) is 15.9. The third-order valence-corrected chi connectivity index (χ3v) is 5.46. The van der Waals surface area contributed by atoms with Gasteiger partial charge in [0, 0.05) is 38.1 Å². The van der Waals surface area contributed by atoms with E-state index in [1.807, 2.05) is 7.05 Å². The molecule has 1 aliphatic heterocycles. The first kappa shape index (κ1) is 18.5. The van der Waals surface area contributed by atoms with Crippen LogP contribution in [0.5, 0.6) is 0 Å². The molecule has 1 saturated carbocycles. The topological polar surface area (TPSA) is 6.48 Å². The van der Waals surface area contributed by atoms with Gasteiger partial charge in [0.15, 0.2) is 0 Å². The van der Waals surface area contributed by atoms with E-state index in [2.05, 4.69) is 28.0 Å². The number of hydrogen-bond donors (Lipinski definition) is 0. The summed E-state index contributed by atoms with van der Waals surface area (Å²) in [5.41, 5.74) is 4.88. The molecule has 0 unspecified atom stereocenters. The molecule has 1 heterocycles. The Balaban J connectivity index is 0.00000182. The summed E-state index contributed by atoms with van der Waals surface area (Å²) in [6.45, 7) is 3.46. The molecule has 0 aromatic heterocycles. The number of nitrogens with zero attached hydrogens (tertiary/aromatic N) is 2. The summed E-state index contributed by atoms with van der Waals surface area (Å²) in [7, 11) is 2.00. The molecule has 2 aromatic carbocycles. The Kier molecular flexibility index (Phi) is 5.57. The number of fused-ring (bicyclic) bond motifs is 1. The molecule has 0 amide bonds. The minimum absolute atomic E-state index is 0. The number of halogens is 3. The lowest BCUT2D eigenvalue weighted by atomic mass is 9.98. The van der Waals surface area contributed by atoms with E-state index in [0.717, 1.165) is 30.3 Å². The van der Waals surface area contributed by atoms with Crippen molar-refractivity contribution < 1.29 is 4.39 Å². The molecule has 0 radical (unpaired) electrons. The number of benzene rings is 2. The molecule has 1 fully saturated rings. The van der Waals surface area contributed by atoms with Gasteiger partial charge in [-0.1, -0.05) is 17.7 Å². The van der Waals surface area contributed by atoms with Crippen molar-refractivity contribution in [3.05, 3.63) is 58.4 Å². The molecule has 2 aliphatic rings. The standard InChI is InChI=1S/C20H22ClFN2.ClH/c1-23(18-6-7-20(22)19(21)11-18)17-5-4-15-8-9-24(12-14-2-3-14)13-16(15)10-17;/h4-7,10-11,14H,2-3,8-9,12-13H2,1H3;1H. The van der Waals surface area contributed by atoms with Gasteiger partial charge >= 0.3 is 0 Å². The number of hydrogen-bond acceptors (Lipinski definition) is 2. The predicted octanol–water partition coefficient (Wildman–Crippen LogP) is 5.44. The Morgan fingerprint density at radius 2 is 1.84 bits per heavy atom. The van der Waals surface area contributed by atoms with Crippen LogP contribution in [0.15, 0.2) is 36.4 Å². The van der Waals surface area contributed by atoms with Crippen molar-refractivity contribution >= 4 is 35.4 Å². The molecule has 0 spiro atoms. The lowest BCUT2D eigenvalue weighted by Gasteiger charge is -2.30. The second-order valence-corrected chi connectivity index (χ2v) is 7.45. The van der Waals surface area contributed by atoms with Crippen LogP contribution in [0.1, 0.15) is 24.0 Å². The van der Waals surface area contributed by atoms with Crippen molar-refractivity contribution in [1.29, 1.82) is 0 Å². The normalized spacial score (nSPS) is 16.9. The van der Waals surface area contributed by atoms with Crippen LogP contribution in [0.3, 0.4) is 0 Å². The minimum Gasteiger partial charge on any atom is -0.345 e. The maximum atomic E-state index is 13.4. The summed E-state index contributed by atoms with van der Waals surface area (Å²) in [6, 6.07) is 11.5. The first-order chi connectivity index (χ1) is 11.6. The van der Waals surface area contributed by atoms with Gasteiger partial charge in [-0.05, 0) is 66.6 Å². The van der Waals surface area contributed by atoms with Gasteiger partial charge in [0.05, 0.1) is 5.02 Å². The average molecular weight is 381 g/mol. The average Bonchev–Trinajstić information content (AvgIpc) is 3.40. The molecule has 2 nitrogen and oxygen atoms in total. The van der Waals surface area contributed by atoms with Crippen LogP contribution >= 0.6 is 24.0 Å². The van der Waals surface area contributed by atoms with Crippen LogP contribution in [0, 0.1) is 11.7 Å². The van der Waals surface area contributed by atoms with E-state index < -0.39 is 0 Å². The largest absolute Gasteiger partial charge is 0.345 e. The van der Waals surface area contributed by atoms with E-state index in [0.29, 0.717) is 0 Å². The number of rotatable bonds is 4. The van der Waals surface area contributed by atoms with Crippen LogP contribution in [-0.4, -0.2) is 25.0 Å². The third-order valence-electron chi connectivity index (χ3n) is 5.17. The molecular weight excluding hydrogens is 358 g/mol. The van der Waals surface area contributed by atoms with E-state index in [-0.39, 0.29) is 23.2 Å². The van der Waals surface area contributed by atoms with Crippen LogP contribution < -0.4 is 4.90 Å². The Bertz CT molecular complexity index is 761. The maximum Gasteiger partial charge on any atom is 0.141 e. The Hall–Kier alpha value is -1.29. The highest BCUT2D eigenvalue weighted by Crippen LogP contribution is 2.33. The van der Waals surface area contributed by atoms with Gasteiger partial charge in [-0.3, -0.25) is 4.90 Å². The lowest BCUT2D eigenvalue weighted by molar-refractivity contribution is 0.244. The highest BCUT2D eigenvalue weighted by Gasteiger charge is 2.26. The number of anilines is 2. The molecule has 134 valence electrons. The van der Waals surface area contributed by atoms with Gasteiger partial charge in [-0.2, -0.15) is 0 Å². The third kappa shape index (κ3) is 4.11. The zero-order chi connectivity index (χ0) is 16.7. The molecule has 0 bridgehead atoms. The Labute approximate surface area is 160 Å². The first-order valence-electron chi connectivity index (χ1n) is 8.63. The lowest BCUT2D eigenvalue weighted by Crippen LogP contribution is -2.32. The quantitative estimate of drug-likeness (QED) is 0.696. The van der Waals surface area contributed by atoms with Gasteiger partial charge in [-0.15, -0.1) is 12.4 Å². The molecular formula is C20H23Cl2FN2. The fraction of sp³-hybridized carbons (Fsp3) is 0.400. The van der Waals surface area contributed by atoms with Crippen molar-refractivity contribution in [3.63, 3.8) is 0 Å². The van der Waals surface area contributed by atoms with Gasteiger partial charge in [-0.25, -0.2) is 4.39 Å². The smallest absolute Gasteiger partial charge is 0.141 e. The van der Waals surface area contributed by atoms with Crippen LogP contribution in [-0.2, 0) is 13.0 Å². The van der Waals surface area contributed by atoms with Crippen molar-refractivity contribution in [2.24, 2.45) is 5.92 Å². The van der Waals surface area contributed by atoms with Crippen molar-refractivity contribution in [3.8, 4) is 0 Å². The zero-order valence-electron chi connectivity index (χ0n) is 14.3. The fourth-order valence-electron chi connectivity index (χ4n) is 3.47. The van der Waals surface area contributed by atoms with Crippen LogP contribution in [0.4, 0.5) is 15.8 Å². The van der Waals surface area contributed by atoms with E-state index in [1.54, 1.807) is 12.1 Å². The van der Waals surface area contributed by atoms with E-state index >= 15 is 0 Å². The highest BCUT2D eigenvalue weighted by molar-refractivity contribution is 6.31. The van der Waals surface area contributed by atoms with Crippen molar-refractivity contribution in [2.75, 3.05) is 25.0 Å². The Morgan fingerprint density at radius 3 is 2.56 bits per heavy atom. The van der Waals surface area contributed by atoms with Crippen molar-refractivity contribution in [1.82, 2.24) is 4.90 Å². The molecule has 0 saturated heterocycles. The molecule has 25 heavy (non-hydrogen) atoms. The summed E-state index contributed by atoms with van der Waals surface area (Å²) in [4.78, 5) is 4.64. The summed E-state index contributed by atoms with van der Waals surface area (Å²) < 4.78 is 13.4. The van der Waals surface area contributed by atoms with Crippen LogP contribution in [0.2, 0.25) is 5.02 Å². The van der Waals surface area contributed by atoms with Gasteiger partial charge in [0.2, 0.25) is 0 Å². The molecule has 1 aliphatic carbocycles. The Morgan fingerprint density at radius 1 is 1.12 bits per heavy atom. The van der Waals surface area contributed by atoms with Gasteiger partial charge < -0.3 is 4.90 Å². The van der Waals surface area contributed by atoms with E-state index in [9.17, 15) is 4.39 Å². The summed E-state index contributed by atoms with van der Waals surface area (Å²) in [5.74, 6) is 0.550. The summed E-state index contributed by atoms with van der Waals surface area (Å²) in [5, 5.41) is 0.160. The van der Waals surface area contributed by atoms with Crippen LogP contribution in [0.25, 0.3) is 0 Å². The molecule has 0 N–H and O–H groups in total. The predicted molar refractivity (Wildman–Crippen MR) is 105 cm³/mol. The fourth-order valence-corrected chi connectivity index (χ4v) is 3.65. The summed E-state index contributed by atoms with van der Waals surface area (Å²) >= 11 is 5.93. The molecule has 4 rings (SSSR count). The van der Waals surface area contributed by atoms with E-state index in [1.165, 1.54) is 43.1 Å². The summed E-state index contributed by atoms with van der Waals surface area (Å²) in [6.07, 6.45) is 3.93. The minimum atomic E-state index is -0.380. The van der Waals surface area contributed by atoms with Gasteiger partial charge in [0.1, 0.15) is 5.82 Å². The molecule has 2 aromatic rings. The second-order valence-electron chi connectivity index (χ2n) is 7.04. The monoisotopic (exact) mass is 380 g/mol. The van der Waals surface area contributed by atoms with Crippen molar-refractivity contribution in [2.45, 2.75) is 25.8 Å². The second kappa shape index (κ2) is 7.53. The maximum absolute atomic E-state index is 13.4. The molecule has 5 heteroatoms.